The van der Waals surface area contributed by atoms with E-state index in [1.807, 2.05) is 26.0 Å². The van der Waals surface area contributed by atoms with Gasteiger partial charge in [0.05, 0.1) is 5.75 Å². The largest absolute Gasteiger partial charge is 0.433 e. The molecule has 5 nitrogen and oxygen atoms in total. The third-order valence-corrected chi connectivity index (χ3v) is 3.88. The van der Waals surface area contributed by atoms with Crippen LogP contribution < -0.4 is 10.9 Å². The summed E-state index contributed by atoms with van der Waals surface area (Å²) in [6, 6.07) is 5.85. The second-order valence-electron chi connectivity index (χ2n) is 5.09. The standard InChI is InChI=1S/C15H14F3N3O2S/c1-8-3-4-10(9(2)5-8)19-13(23)7-24-14-20-11(15(16,17)18)6-12(22)21-14/h3-6H,7H2,1-2H3,(H,19,23)(H,20,21,22). The van der Waals surface area contributed by atoms with Gasteiger partial charge < -0.3 is 10.3 Å². The maximum absolute atomic E-state index is 12.6. The molecule has 1 aromatic carbocycles. The number of amides is 1. The van der Waals surface area contributed by atoms with Gasteiger partial charge in [0.2, 0.25) is 5.91 Å². The number of anilines is 1. The van der Waals surface area contributed by atoms with E-state index in [2.05, 4.69) is 15.3 Å². The molecule has 0 saturated heterocycles. The van der Waals surface area contributed by atoms with Gasteiger partial charge in [-0.1, -0.05) is 29.5 Å². The minimum Gasteiger partial charge on any atom is -0.325 e. The third kappa shape index (κ3) is 4.85. The Balaban J connectivity index is 2.04. The summed E-state index contributed by atoms with van der Waals surface area (Å²) in [5, 5.41) is 2.41. The van der Waals surface area contributed by atoms with Crippen molar-refractivity contribution in [1.29, 1.82) is 0 Å². The van der Waals surface area contributed by atoms with Crippen molar-refractivity contribution in [3.8, 4) is 0 Å². The zero-order valence-corrected chi connectivity index (χ0v) is 13.6. The number of carbonyl (C=O) groups is 1. The molecule has 0 aliphatic rings. The van der Waals surface area contributed by atoms with Gasteiger partial charge in [0.25, 0.3) is 5.56 Å². The number of benzene rings is 1. The van der Waals surface area contributed by atoms with Gasteiger partial charge in [-0.3, -0.25) is 9.59 Å². The van der Waals surface area contributed by atoms with Crippen LogP contribution in [0.15, 0.2) is 34.2 Å². The molecule has 0 aliphatic carbocycles. The monoisotopic (exact) mass is 357 g/mol. The number of alkyl halides is 3. The molecule has 0 spiro atoms. The second-order valence-corrected chi connectivity index (χ2v) is 6.05. The predicted octanol–water partition coefficient (Wildman–Crippen LogP) is 3.14. The predicted molar refractivity (Wildman–Crippen MR) is 85.1 cm³/mol. The Bertz CT molecular complexity index is 818. The molecule has 0 atom stereocenters. The van der Waals surface area contributed by atoms with Gasteiger partial charge in [-0.25, -0.2) is 4.98 Å². The first-order chi connectivity index (χ1) is 11.1. The Hall–Kier alpha value is -2.29. The number of thioether (sulfide) groups is 1. The minimum absolute atomic E-state index is 0.183. The molecule has 1 aromatic heterocycles. The highest BCUT2D eigenvalue weighted by Gasteiger charge is 2.33. The molecule has 2 rings (SSSR count). The normalized spacial score (nSPS) is 11.4. The van der Waals surface area contributed by atoms with Crippen molar-refractivity contribution >= 4 is 23.4 Å². The number of H-pyrrole nitrogens is 1. The first-order valence-corrected chi connectivity index (χ1v) is 7.82. The number of aryl methyl sites for hydroxylation is 2. The van der Waals surface area contributed by atoms with Crippen molar-refractivity contribution in [2.24, 2.45) is 0 Å². The Morgan fingerprint density at radius 1 is 1.29 bits per heavy atom. The number of aromatic nitrogens is 2. The molecule has 0 radical (unpaired) electrons. The fourth-order valence-electron chi connectivity index (χ4n) is 1.92. The molecule has 2 aromatic rings. The van der Waals surface area contributed by atoms with Gasteiger partial charge in [0, 0.05) is 11.8 Å². The number of rotatable bonds is 4. The van der Waals surface area contributed by atoms with Crippen LogP contribution in [0.2, 0.25) is 0 Å². The SMILES string of the molecule is Cc1ccc(NC(=O)CSc2nc(C(F)(F)F)cc(=O)[nH]2)c(C)c1. The number of hydrogen-bond donors (Lipinski definition) is 2. The van der Waals surface area contributed by atoms with E-state index in [4.69, 9.17) is 0 Å². The van der Waals surface area contributed by atoms with Crippen molar-refractivity contribution < 1.29 is 18.0 Å². The van der Waals surface area contributed by atoms with Crippen molar-refractivity contribution in [2.75, 3.05) is 11.1 Å². The fourth-order valence-corrected chi connectivity index (χ4v) is 2.60. The summed E-state index contributed by atoms with van der Waals surface area (Å²) in [5.74, 6) is -0.593. The first kappa shape index (κ1) is 18.1. The van der Waals surface area contributed by atoms with Crippen LogP contribution in [-0.2, 0) is 11.0 Å². The number of aromatic amines is 1. The van der Waals surface area contributed by atoms with E-state index in [9.17, 15) is 22.8 Å². The number of halogens is 3. The average Bonchev–Trinajstić information content (AvgIpc) is 2.47. The van der Waals surface area contributed by atoms with E-state index in [0.717, 1.165) is 22.9 Å². The maximum Gasteiger partial charge on any atom is 0.433 e. The molecule has 9 heteroatoms. The van der Waals surface area contributed by atoms with E-state index in [-0.39, 0.29) is 10.9 Å². The lowest BCUT2D eigenvalue weighted by Crippen LogP contribution is -2.18. The zero-order valence-electron chi connectivity index (χ0n) is 12.8. The zero-order chi connectivity index (χ0) is 17.9. The van der Waals surface area contributed by atoms with Gasteiger partial charge in [0.15, 0.2) is 10.9 Å². The maximum atomic E-state index is 12.6. The van der Waals surface area contributed by atoms with E-state index < -0.39 is 23.3 Å². The molecule has 1 heterocycles. The lowest BCUT2D eigenvalue weighted by Gasteiger charge is -2.09. The Morgan fingerprint density at radius 3 is 2.62 bits per heavy atom. The van der Waals surface area contributed by atoms with Crippen LogP contribution in [0.3, 0.4) is 0 Å². The van der Waals surface area contributed by atoms with Gasteiger partial charge in [-0.05, 0) is 25.5 Å². The van der Waals surface area contributed by atoms with E-state index in [1.165, 1.54) is 0 Å². The lowest BCUT2D eigenvalue weighted by atomic mass is 10.1. The smallest absolute Gasteiger partial charge is 0.325 e. The highest BCUT2D eigenvalue weighted by molar-refractivity contribution is 7.99. The van der Waals surface area contributed by atoms with Gasteiger partial charge in [-0.2, -0.15) is 13.2 Å². The van der Waals surface area contributed by atoms with Crippen LogP contribution in [0.25, 0.3) is 0 Å². The number of carbonyl (C=O) groups excluding carboxylic acids is 1. The summed E-state index contributed by atoms with van der Waals surface area (Å²) in [6.45, 7) is 3.76. The lowest BCUT2D eigenvalue weighted by molar-refractivity contribution is -0.141. The van der Waals surface area contributed by atoms with Crippen molar-refractivity contribution in [3.05, 3.63) is 51.4 Å². The average molecular weight is 357 g/mol. The van der Waals surface area contributed by atoms with Gasteiger partial charge in [0.1, 0.15) is 0 Å². The summed E-state index contributed by atoms with van der Waals surface area (Å²) in [7, 11) is 0. The van der Waals surface area contributed by atoms with Crippen molar-refractivity contribution in [2.45, 2.75) is 25.2 Å². The molecule has 2 N–H and O–H groups in total. The topological polar surface area (TPSA) is 74.8 Å². The second kappa shape index (κ2) is 7.08. The van der Waals surface area contributed by atoms with Crippen LogP contribution in [0.4, 0.5) is 18.9 Å². The molecular formula is C15H14F3N3O2S. The molecule has 0 saturated carbocycles. The molecular weight excluding hydrogens is 343 g/mol. The fraction of sp³-hybridized carbons (Fsp3) is 0.267. The summed E-state index contributed by atoms with van der Waals surface area (Å²) >= 11 is 0.723. The summed E-state index contributed by atoms with van der Waals surface area (Å²) < 4.78 is 37.8. The molecule has 1 amide bonds. The summed E-state index contributed by atoms with van der Waals surface area (Å²) in [4.78, 5) is 28.7. The Kier molecular flexibility index (Phi) is 5.33. The third-order valence-electron chi connectivity index (χ3n) is 3.01. The number of nitrogens with zero attached hydrogens (tertiary/aromatic N) is 1. The van der Waals surface area contributed by atoms with E-state index in [0.29, 0.717) is 11.8 Å². The van der Waals surface area contributed by atoms with Gasteiger partial charge in [-0.15, -0.1) is 0 Å². The molecule has 0 fully saturated rings. The van der Waals surface area contributed by atoms with Crippen molar-refractivity contribution in [1.82, 2.24) is 9.97 Å². The van der Waals surface area contributed by atoms with Crippen LogP contribution in [0.1, 0.15) is 16.8 Å². The quantitative estimate of drug-likeness (QED) is 0.651. The number of nitrogens with one attached hydrogen (secondary N) is 2. The van der Waals surface area contributed by atoms with E-state index in [1.54, 1.807) is 6.07 Å². The Morgan fingerprint density at radius 2 is 2.00 bits per heavy atom. The first-order valence-electron chi connectivity index (χ1n) is 6.83. The molecule has 24 heavy (non-hydrogen) atoms. The van der Waals surface area contributed by atoms with Crippen molar-refractivity contribution in [3.63, 3.8) is 0 Å². The molecule has 0 bridgehead atoms. The minimum atomic E-state index is -4.72. The molecule has 128 valence electrons. The molecule has 0 unspecified atom stereocenters. The summed E-state index contributed by atoms with van der Waals surface area (Å²) in [6.07, 6.45) is -4.72. The van der Waals surface area contributed by atoms with Crippen LogP contribution in [-0.4, -0.2) is 21.6 Å². The number of hydrogen-bond acceptors (Lipinski definition) is 4. The van der Waals surface area contributed by atoms with Gasteiger partial charge >= 0.3 is 6.18 Å². The highest BCUT2D eigenvalue weighted by Crippen LogP contribution is 2.27. The molecule has 0 aliphatic heterocycles. The summed E-state index contributed by atoms with van der Waals surface area (Å²) in [5.41, 5.74) is 0.333. The Labute approximate surface area is 139 Å². The highest BCUT2D eigenvalue weighted by atomic mass is 32.2. The van der Waals surface area contributed by atoms with Crippen LogP contribution in [0.5, 0.6) is 0 Å². The van der Waals surface area contributed by atoms with Crippen LogP contribution in [0, 0.1) is 13.8 Å². The van der Waals surface area contributed by atoms with Crippen LogP contribution >= 0.6 is 11.8 Å². The van der Waals surface area contributed by atoms with E-state index >= 15 is 0 Å².